The van der Waals surface area contributed by atoms with E-state index in [0.29, 0.717) is 17.6 Å². The van der Waals surface area contributed by atoms with Crippen molar-refractivity contribution in [3.8, 4) is 0 Å². The van der Waals surface area contributed by atoms with Crippen molar-refractivity contribution in [2.45, 2.75) is 32.4 Å². The molecule has 0 unspecified atom stereocenters. The van der Waals surface area contributed by atoms with Gasteiger partial charge in [0.25, 0.3) is 0 Å². The third kappa shape index (κ3) is 2.96. The average molecular weight is 344 g/mol. The smallest absolute Gasteiger partial charge is 0.196 e. The Morgan fingerprint density at radius 2 is 2.20 bits per heavy atom. The van der Waals surface area contributed by atoms with Gasteiger partial charge in [-0.1, -0.05) is 0 Å². The van der Waals surface area contributed by atoms with Crippen LogP contribution in [0.15, 0.2) is 29.1 Å². The van der Waals surface area contributed by atoms with Crippen LogP contribution in [-0.2, 0) is 11.5 Å². The van der Waals surface area contributed by atoms with E-state index in [-0.39, 0.29) is 0 Å². The van der Waals surface area contributed by atoms with Gasteiger partial charge in [-0.05, 0) is 38.0 Å². The summed E-state index contributed by atoms with van der Waals surface area (Å²) in [7, 11) is 0. The van der Waals surface area contributed by atoms with Crippen LogP contribution in [-0.4, -0.2) is 36.5 Å². The Hall–Kier alpha value is -2.52. The summed E-state index contributed by atoms with van der Waals surface area (Å²) in [5.74, 6) is 1.17. The van der Waals surface area contributed by atoms with Crippen molar-refractivity contribution in [3.63, 3.8) is 0 Å². The van der Waals surface area contributed by atoms with E-state index in [4.69, 9.17) is 10.7 Å². The summed E-state index contributed by atoms with van der Waals surface area (Å²) in [6, 6.07) is 0.548. The molecule has 0 bridgehead atoms. The van der Waals surface area contributed by atoms with Gasteiger partial charge >= 0.3 is 0 Å². The number of piperidine rings is 1. The SMILES string of the molecule is CCN1C(=C2NON=C2N)Nc2cncc(CNC3CCNCC3)c21. The molecular weight excluding hydrogens is 320 g/mol. The Morgan fingerprint density at radius 3 is 2.92 bits per heavy atom. The average Bonchev–Trinajstić information content (AvgIpc) is 3.23. The molecule has 1 fully saturated rings. The van der Waals surface area contributed by atoms with Crippen LogP contribution in [0.3, 0.4) is 0 Å². The minimum absolute atomic E-state index is 0.330. The molecule has 0 aliphatic carbocycles. The van der Waals surface area contributed by atoms with Crippen LogP contribution in [0, 0.1) is 0 Å². The van der Waals surface area contributed by atoms with Crippen LogP contribution in [0.2, 0.25) is 0 Å². The zero-order valence-electron chi connectivity index (χ0n) is 14.3. The molecule has 0 radical (unpaired) electrons. The summed E-state index contributed by atoms with van der Waals surface area (Å²) in [4.78, 5) is 11.5. The van der Waals surface area contributed by atoms with Gasteiger partial charge in [-0.3, -0.25) is 9.92 Å². The largest absolute Gasteiger partial charge is 0.379 e. The van der Waals surface area contributed by atoms with E-state index in [1.807, 2.05) is 12.4 Å². The van der Waals surface area contributed by atoms with Crippen LogP contribution < -0.4 is 32.1 Å². The van der Waals surface area contributed by atoms with Crippen molar-refractivity contribution in [2.24, 2.45) is 10.9 Å². The van der Waals surface area contributed by atoms with Crippen molar-refractivity contribution in [3.05, 3.63) is 29.5 Å². The molecule has 6 N–H and O–H groups in total. The molecule has 1 aromatic heterocycles. The molecule has 0 saturated carbocycles. The van der Waals surface area contributed by atoms with E-state index >= 15 is 0 Å². The molecule has 0 atom stereocenters. The minimum Gasteiger partial charge on any atom is -0.379 e. The Labute approximate surface area is 146 Å². The maximum Gasteiger partial charge on any atom is 0.196 e. The van der Waals surface area contributed by atoms with Gasteiger partial charge in [-0.2, -0.15) is 5.48 Å². The highest BCUT2D eigenvalue weighted by Crippen LogP contribution is 2.39. The normalized spacial score (nSPS) is 22.9. The predicted molar refractivity (Wildman–Crippen MR) is 96.5 cm³/mol. The summed E-state index contributed by atoms with van der Waals surface area (Å²) in [5.41, 5.74) is 12.6. The second kappa shape index (κ2) is 6.77. The van der Waals surface area contributed by atoms with E-state index < -0.39 is 0 Å². The number of oxime groups is 1. The van der Waals surface area contributed by atoms with Crippen molar-refractivity contribution in [1.82, 2.24) is 21.1 Å². The zero-order valence-corrected chi connectivity index (χ0v) is 14.3. The van der Waals surface area contributed by atoms with Gasteiger partial charge in [0.1, 0.15) is 5.82 Å². The summed E-state index contributed by atoms with van der Waals surface area (Å²) in [5, 5.41) is 14.2. The molecule has 9 nitrogen and oxygen atoms in total. The van der Waals surface area contributed by atoms with Crippen LogP contribution in [0.4, 0.5) is 11.4 Å². The first-order chi connectivity index (χ1) is 12.3. The van der Waals surface area contributed by atoms with Crippen molar-refractivity contribution < 1.29 is 4.94 Å². The third-order valence-corrected chi connectivity index (χ3v) is 4.81. The lowest BCUT2D eigenvalue weighted by Crippen LogP contribution is -2.39. The van der Waals surface area contributed by atoms with Gasteiger partial charge in [-0.15, -0.1) is 0 Å². The first kappa shape index (κ1) is 16.0. The number of aromatic nitrogens is 1. The second-order valence-corrected chi connectivity index (χ2v) is 6.36. The standard InChI is InChI=1S/C16H24N8O/c1-2-24-14-10(8-20-11-3-5-18-6-4-11)7-19-9-12(14)21-16(24)13-15(17)23-25-22-13/h7,9,11,18,20-22H,2-6,8H2,1H3,(H2,17,23). The van der Waals surface area contributed by atoms with Crippen LogP contribution in [0.5, 0.6) is 0 Å². The van der Waals surface area contributed by atoms with Gasteiger partial charge in [0.05, 0.1) is 17.6 Å². The van der Waals surface area contributed by atoms with Gasteiger partial charge < -0.3 is 26.6 Å². The van der Waals surface area contributed by atoms with Crippen molar-refractivity contribution >= 4 is 17.2 Å². The highest BCUT2D eigenvalue weighted by Gasteiger charge is 2.31. The number of hydrogen-bond donors (Lipinski definition) is 5. The molecule has 4 heterocycles. The van der Waals surface area contributed by atoms with Crippen molar-refractivity contribution in [2.75, 3.05) is 29.9 Å². The summed E-state index contributed by atoms with van der Waals surface area (Å²) in [6.45, 7) is 5.83. The number of fused-ring (bicyclic) bond motifs is 1. The zero-order chi connectivity index (χ0) is 17.2. The van der Waals surface area contributed by atoms with Crippen LogP contribution in [0.25, 0.3) is 0 Å². The fourth-order valence-electron chi connectivity index (χ4n) is 3.52. The number of nitrogens with zero attached hydrogens (tertiary/aromatic N) is 3. The first-order valence-electron chi connectivity index (χ1n) is 8.73. The summed E-state index contributed by atoms with van der Waals surface area (Å²) < 4.78 is 0. The van der Waals surface area contributed by atoms with Gasteiger partial charge in [-0.25, -0.2) is 0 Å². The fraction of sp³-hybridized carbons (Fsp3) is 0.500. The topological polar surface area (TPSA) is 112 Å². The number of anilines is 2. The predicted octanol–water partition coefficient (Wildman–Crippen LogP) is 0.151. The summed E-state index contributed by atoms with van der Waals surface area (Å²) in [6.07, 6.45) is 6.08. The molecule has 0 amide bonds. The molecule has 4 rings (SSSR count). The maximum atomic E-state index is 5.91. The van der Waals surface area contributed by atoms with Crippen LogP contribution in [0.1, 0.15) is 25.3 Å². The number of hydrogen-bond acceptors (Lipinski definition) is 9. The number of rotatable bonds is 4. The molecule has 1 saturated heterocycles. The van der Waals surface area contributed by atoms with Gasteiger partial charge in [0.15, 0.2) is 11.5 Å². The maximum absolute atomic E-state index is 5.91. The third-order valence-electron chi connectivity index (χ3n) is 4.81. The first-order valence-corrected chi connectivity index (χ1v) is 8.73. The molecule has 0 aromatic carbocycles. The van der Waals surface area contributed by atoms with Crippen molar-refractivity contribution in [1.29, 1.82) is 0 Å². The Bertz CT molecular complexity index is 710. The second-order valence-electron chi connectivity index (χ2n) is 6.36. The molecule has 0 spiro atoms. The lowest BCUT2D eigenvalue weighted by Gasteiger charge is -2.25. The molecule has 9 heteroatoms. The Balaban J connectivity index is 1.59. The van der Waals surface area contributed by atoms with Gasteiger partial charge in [0, 0.05) is 30.9 Å². The number of amidine groups is 1. The number of hydroxylamine groups is 1. The molecule has 3 aliphatic heterocycles. The molecule has 3 aliphatic rings. The fourth-order valence-corrected chi connectivity index (χ4v) is 3.52. The van der Waals surface area contributed by atoms with E-state index in [0.717, 1.165) is 61.8 Å². The quantitative estimate of drug-likeness (QED) is 0.525. The molecule has 25 heavy (non-hydrogen) atoms. The Morgan fingerprint density at radius 1 is 1.36 bits per heavy atom. The lowest BCUT2D eigenvalue weighted by atomic mass is 10.1. The van der Waals surface area contributed by atoms with E-state index in [1.54, 1.807) is 0 Å². The van der Waals surface area contributed by atoms with Gasteiger partial charge in [0.2, 0.25) is 0 Å². The van der Waals surface area contributed by atoms with E-state index in [1.165, 1.54) is 0 Å². The van der Waals surface area contributed by atoms with E-state index in [9.17, 15) is 0 Å². The lowest BCUT2D eigenvalue weighted by molar-refractivity contribution is 0.0899. The van der Waals surface area contributed by atoms with E-state index in [2.05, 4.69) is 43.4 Å². The highest BCUT2D eigenvalue weighted by atomic mass is 16.8. The highest BCUT2D eigenvalue weighted by molar-refractivity contribution is 6.00. The number of nitrogens with one attached hydrogen (secondary N) is 4. The van der Waals surface area contributed by atoms with Crippen LogP contribution >= 0.6 is 0 Å². The molecule has 1 aromatic rings. The summed E-state index contributed by atoms with van der Waals surface area (Å²) >= 11 is 0. The monoisotopic (exact) mass is 344 g/mol. The minimum atomic E-state index is 0.330. The number of pyridine rings is 1. The Kier molecular flexibility index (Phi) is 4.33. The molecule has 134 valence electrons. The molecular formula is C16H24N8O. The number of nitrogens with two attached hydrogens (primary N) is 1.